The molecule has 1 N–H and O–H groups in total. The minimum Gasteiger partial charge on any atom is -0.341 e. The monoisotopic (exact) mass is 400 g/mol. The largest absolute Gasteiger partial charge is 0.341 e. The van der Waals surface area contributed by atoms with Crippen molar-refractivity contribution >= 4 is 17.5 Å². The van der Waals surface area contributed by atoms with Crippen LogP contribution in [0.1, 0.15) is 32.8 Å². The van der Waals surface area contributed by atoms with Gasteiger partial charge in [0.05, 0.1) is 12.6 Å². The number of piperidine rings is 1. The summed E-state index contributed by atoms with van der Waals surface area (Å²) in [7, 11) is 0. The van der Waals surface area contributed by atoms with E-state index in [1.807, 2.05) is 43.0 Å². The Morgan fingerprint density at radius 1 is 1.10 bits per heavy atom. The number of carbonyl (C=O) groups is 2. The fourth-order valence-electron chi connectivity index (χ4n) is 4.60. The van der Waals surface area contributed by atoms with E-state index in [-0.39, 0.29) is 17.9 Å². The maximum Gasteiger partial charge on any atom is 0.241 e. The van der Waals surface area contributed by atoms with Gasteiger partial charge in [0.15, 0.2) is 0 Å². The first-order valence-corrected chi connectivity index (χ1v) is 10.9. The van der Waals surface area contributed by atoms with E-state index in [9.17, 15) is 9.59 Å². The smallest absolute Gasteiger partial charge is 0.241 e. The highest BCUT2D eigenvalue weighted by molar-refractivity contribution is 5.94. The summed E-state index contributed by atoms with van der Waals surface area (Å²) in [5, 5.41) is 3.02. The molecule has 2 fully saturated rings. The second kappa shape index (κ2) is 9.72. The van der Waals surface area contributed by atoms with E-state index in [1.165, 1.54) is 6.42 Å². The number of anilines is 1. The van der Waals surface area contributed by atoms with Crippen molar-refractivity contribution in [3.8, 4) is 0 Å². The lowest BCUT2D eigenvalue weighted by molar-refractivity contribution is -0.136. The van der Waals surface area contributed by atoms with Gasteiger partial charge in [-0.25, -0.2) is 0 Å². The van der Waals surface area contributed by atoms with Gasteiger partial charge in [0.25, 0.3) is 0 Å². The summed E-state index contributed by atoms with van der Waals surface area (Å²) in [6.07, 6.45) is 1.21. The van der Waals surface area contributed by atoms with Crippen LogP contribution in [-0.4, -0.2) is 78.4 Å². The van der Waals surface area contributed by atoms with Crippen molar-refractivity contribution < 1.29 is 9.59 Å². The summed E-state index contributed by atoms with van der Waals surface area (Å²) in [6.45, 7) is 14.0. The molecular weight excluding hydrogens is 364 g/mol. The van der Waals surface area contributed by atoms with Gasteiger partial charge in [-0.2, -0.15) is 0 Å². The number of rotatable bonds is 5. The van der Waals surface area contributed by atoms with Crippen molar-refractivity contribution in [3.05, 3.63) is 29.8 Å². The summed E-state index contributed by atoms with van der Waals surface area (Å²) >= 11 is 0. The van der Waals surface area contributed by atoms with Gasteiger partial charge >= 0.3 is 0 Å². The highest BCUT2D eigenvalue weighted by Crippen LogP contribution is 2.21. The Kier molecular flexibility index (Phi) is 7.30. The topological polar surface area (TPSA) is 55.9 Å². The van der Waals surface area contributed by atoms with E-state index in [4.69, 9.17) is 0 Å². The normalized spacial score (nSPS) is 24.9. The van der Waals surface area contributed by atoms with E-state index in [0.29, 0.717) is 18.4 Å². The summed E-state index contributed by atoms with van der Waals surface area (Å²) < 4.78 is 0. The Hall–Kier alpha value is -1.92. The number of likely N-dealkylation sites (tertiary alicyclic amines) is 1. The maximum atomic E-state index is 12.7. The molecular formula is C23H36N4O2. The Bertz CT molecular complexity index is 705. The van der Waals surface area contributed by atoms with E-state index in [0.717, 1.165) is 50.5 Å². The number of hydrogen-bond acceptors (Lipinski definition) is 4. The number of piperazine rings is 1. The number of hydrogen-bond donors (Lipinski definition) is 1. The van der Waals surface area contributed by atoms with Crippen LogP contribution in [0.25, 0.3) is 0 Å². The first kappa shape index (κ1) is 21.8. The summed E-state index contributed by atoms with van der Waals surface area (Å²) in [5.74, 6) is 1.46. The number of benzene rings is 1. The number of aryl methyl sites for hydroxylation is 1. The molecule has 29 heavy (non-hydrogen) atoms. The van der Waals surface area contributed by atoms with E-state index >= 15 is 0 Å². The molecule has 6 heteroatoms. The van der Waals surface area contributed by atoms with Crippen molar-refractivity contribution in [3.63, 3.8) is 0 Å². The molecule has 0 spiro atoms. The third kappa shape index (κ3) is 6.03. The van der Waals surface area contributed by atoms with Gasteiger partial charge in [0, 0.05) is 45.0 Å². The molecule has 160 valence electrons. The van der Waals surface area contributed by atoms with Crippen LogP contribution in [0.5, 0.6) is 0 Å². The van der Waals surface area contributed by atoms with Crippen LogP contribution in [0.2, 0.25) is 0 Å². The van der Waals surface area contributed by atoms with Crippen molar-refractivity contribution in [2.75, 3.05) is 51.1 Å². The third-order valence-corrected chi connectivity index (χ3v) is 6.20. The van der Waals surface area contributed by atoms with Crippen LogP contribution in [0.4, 0.5) is 5.69 Å². The number of nitrogens with one attached hydrogen (secondary N) is 1. The molecule has 0 aliphatic carbocycles. The van der Waals surface area contributed by atoms with Crippen molar-refractivity contribution in [1.82, 2.24) is 14.7 Å². The zero-order chi connectivity index (χ0) is 21.0. The Labute approximate surface area is 175 Å². The van der Waals surface area contributed by atoms with Gasteiger partial charge in [0.2, 0.25) is 11.8 Å². The van der Waals surface area contributed by atoms with Gasteiger partial charge in [-0.3, -0.25) is 19.4 Å². The van der Waals surface area contributed by atoms with Crippen molar-refractivity contribution in [2.45, 2.75) is 40.2 Å². The number of amides is 2. The lowest BCUT2D eigenvalue weighted by atomic mass is 9.92. The predicted molar refractivity (Wildman–Crippen MR) is 117 cm³/mol. The van der Waals surface area contributed by atoms with Gasteiger partial charge in [-0.1, -0.05) is 26.0 Å². The highest BCUT2D eigenvalue weighted by Gasteiger charge is 2.29. The van der Waals surface area contributed by atoms with E-state index in [1.54, 1.807) is 0 Å². The zero-order valence-corrected chi connectivity index (χ0v) is 18.4. The minimum absolute atomic E-state index is 0.0245. The molecule has 2 saturated heterocycles. The SMILES string of the molecule is Cc1cccc(NC(=O)[C@@H](C)N2CCN(CC(=O)N3C[C@H](C)C[C@H](C)C3)CC2)c1. The molecule has 0 saturated carbocycles. The minimum atomic E-state index is -0.183. The number of nitrogens with zero attached hydrogens (tertiary/aromatic N) is 3. The lowest BCUT2D eigenvalue weighted by Crippen LogP contribution is -2.55. The molecule has 1 aromatic carbocycles. The van der Waals surface area contributed by atoms with Gasteiger partial charge in [-0.15, -0.1) is 0 Å². The lowest BCUT2D eigenvalue weighted by Gasteiger charge is -2.39. The molecule has 2 aliphatic rings. The Balaban J connectivity index is 1.44. The van der Waals surface area contributed by atoms with Crippen LogP contribution in [0, 0.1) is 18.8 Å². The maximum absolute atomic E-state index is 12.7. The average molecular weight is 401 g/mol. The molecule has 2 aliphatic heterocycles. The zero-order valence-electron chi connectivity index (χ0n) is 18.4. The predicted octanol–water partition coefficient (Wildman–Crippen LogP) is 2.44. The molecule has 3 atom stereocenters. The highest BCUT2D eigenvalue weighted by atomic mass is 16.2. The van der Waals surface area contributed by atoms with E-state index < -0.39 is 0 Å². The molecule has 1 aromatic rings. The second-order valence-electron chi connectivity index (χ2n) is 9.09. The molecule has 3 rings (SSSR count). The second-order valence-corrected chi connectivity index (χ2v) is 9.09. The Morgan fingerprint density at radius 2 is 1.76 bits per heavy atom. The van der Waals surface area contributed by atoms with Crippen LogP contribution < -0.4 is 5.32 Å². The first-order valence-electron chi connectivity index (χ1n) is 10.9. The van der Waals surface area contributed by atoms with Gasteiger partial charge in [0.1, 0.15) is 0 Å². The fourth-order valence-corrected chi connectivity index (χ4v) is 4.60. The molecule has 2 amide bonds. The third-order valence-electron chi connectivity index (χ3n) is 6.20. The summed E-state index contributed by atoms with van der Waals surface area (Å²) in [6, 6.07) is 7.69. The molecule has 0 aromatic heterocycles. The number of carbonyl (C=O) groups excluding carboxylic acids is 2. The molecule has 0 bridgehead atoms. The molecule has 6 nitrogen and oxygen atoms in total. The molecule has 0 radical (unpaired) electrons. The molecule has 0 unspecified atom stereocenters. The van der Waals surface area contributed by atoms with Crippen molar-refractivity contribution in [2.24, 2.45) is 11.8 Å². The average Bonchev–Trinajstić information content (AvgIpc) is 2.67. The molecule has 2 heterocycles. The standard InChI is InChI=1S/C23H36N4O2/c1-17-6-5-7-21(13-17)24-23(29)20(4)26-10-8-25(9-11-26)16-22(28)27-14-18(2)12-19(3)15-27/h5-7,13,18-20H,8-12,14-16H2,1-4H3,(H,24,29)/t18-,19+,20-/m1/s1. The van der Waals surface area contributed by atoms with Crippen molar-refractivity contribution in [1.29, 1.82) is 0 Å². The van der Waals surface area contributed by atoms with Gasteiger partial charge in [-0.05, 0) is 49.8 Å². The Morgan fingerprint density at radius 3 is 2.38 bits per heavy atom. The van der Waals surface area contributed by atoms with Crippen LogP contribution in [0.3, 0.4) is 0 Å². The summed E-state index contributed by atoms with van der Waals surface area (Å²) in [4.78, 5) is 31.8. The van der Waals surface area contributed by atoms with E-state index in [2.05, 4.69) is 29.0 Å². The van der Waals surface area contributed by atoms with Crippen LogP contribution in [0.15, 0.2) is 24.3 Å². The fraction of sp³-hybridized carbons (Fsp3) is 0.652. The summed E-state index contributed by atoms with van der Waals surface area (Å²) in [5.41, 5.74) is 1.97. The van der Waals surface area contributed by atoms with Crippen LogP contribution >= 0.6 is 0 Å². The first-order chi connectivity index (χ1) is 13.8. The van der Waals surface area contributed by atoms with Gasteiger partial charge < -0.3 is 10.2 Å². The van der Waals surface area contributed by atoms with Crippen LogP contribution in [-0.2, 0) is 9.59 Å². The quantitative estimate of drug-likeness (QED) is 0.825.